The first-order chi connectivity index (χ1) is 47.2. The molecule has 0 amide bonds. The Balaban J connectivity index is 0.885. The molecule has 4 saturated heterocycles. The second-order valence-corrected chi connectivity index (χ2v) is 23.0. The predicted octanol–water partition coefficient (Wildman–Crippen LogP) is -1.23. The number of carbonyl (C=O) groups excluding carboxylic acids is 3. The molecule has 6 aromatic rings. The van der Waals surface area contributed by atoms with Crippen molar-refractivity contribution in [1.29, 1.82) is 0 Å². The van der Waals surface area contributed by atoms with Crippen molar-refractivity contribution in [1.82, 2.24) is 0 Å². The maximum atomic E-state index is 13.4. The third kappa shape index (κ3) is 17.2. The number of fused-ring (bicyclic) bond motifs is 1. The molecule has 0 saturated carbocycles. The van der Waals surface area contributed by atoms with Crippen molar-refractivity contribution in [3.05, 3.63) is 138 Å². The van der Waals surface area contributed by atoms with E-state index in [9.17, 15) is 106 Å². The van der Waals surface area contributed by atoms with Crippen molar-refractivity contribution in [2.24, 2.45) is 0 Å². The van der Waals surface area contributed by atoms with Crippen molar-refractivity contribution in [3.8, 4) is 63.1 Å². The Morgan fingerprint density at radius 1 is 0.394 bits per heavy atom. The summed E-state index contributed by atoms with van der Waals surface area (Å²) in [6.45, 7) is -3.20. The van der Waals surface area contributed by atoms with Crippen molar-refractivity contribution < 1.29 is 163 Å². The van der Waals surface area contributed by atoms with Crippen LogP contribution in [0.3, 0.4) is 0 Å². The van der Waals surface area contributed by atoms with Gasteiger partial charge in [-0.3, -0.25) is 0 Å². The first kappa shape index (κ1) is 72.4. The molecule has 99 heavy (non-hydrogen) atoms. The van der Waals surface area contributed by atoms with Gasteiger partial charge >= 0.3 is 29.3 Å². The number of phenols is 6. The van der Waals surface area contributed by atoms with E-state index >= 15 is 0 Å². The predicted molar refractivity (Wildman–Crippen MR) is 330 cm³/mol. The number of hydrogen-bond acceptors (Lipinski definition) is 32. The van der Waals surface area contributed by atoms with E-state index in [2.05, 4.69) is 0 Å². The minimum atomic E-state index is -2.25. The summed E-state index contributed by atoms with van der Waals surface area (Å²) in [5.74, 6) is -7.12. The summed E-state index contributed by atoms with van der Waals surface area (Å²) in [6, 6.07) is 21.6. The van der Waals surface area contributed by atoms with Crippen LogP contribution in [-0.4, -0.2) is 259 Å². The molecule has 530 valence electrons. The topological polar surface area (TPSA) is 528 Å². The largest absolute Gasteiger partial charge is 0.508 e. The minimum absolute atomic E-state index is 0.00427. The van der Waals surface area contributed by atoms with Gasteiger partial charge in [-0.2, -0.15) is 0 Å². The highest BCUT2D eigenvalue weighted by Gasteiger charge is 2.53. The third-order valence-corrected chi connectivity index (χ3v) is 16.1. The van der Waals surface area contributed by atoms with Gasteiger partial charge < -0.3 is 144 Å². The van der Waals surface area contributed by atoms with E-state index in [1.165, 1.54) is 78.9 Å². The Labute approximate surface area is 558 Å². The summed E-state index contributed by atoms with van der Waals surface area (Å²) >= 11 is 0. The molecule has 5 heterocycles. The lowest BCUT2D eigenvalue weighted by molar-refractivity contribution is -0.358. The molecule has 0 spiro atoms. The van der Waals surface area contributed by atoms with Gasteiger partial charge in [-0.15, -0.1) is 0 Å². The standard InChI is InChI=1S/C66H68O33/c67-24-43-50(77)54(81)58(85)64(95-43)93-41-22-34(70)21-40-35(41)23-42(61(91-40)31-9-14-36(71)37(72)20-31)94-66-62(99-65-60(87)56(83)52(79)45(97-65)26-89-48(75)17-7-29-3-12-33(69)13-4-29)57(84)53(80)46(98-66)27-90-49(76)18-8-30-5-15-39(38(73)19-30)92-63-59(86)55(82)51(78)44(96-63)25-88-47(74)16-6-28-1-10-32(68)11-2-28/h1-23,43-46,50-60,62-67,77-87H,24-27H2,(H5-,68,69,70,71,72,73,74,75)/p+1. The number of esters is 3. The van der Waals surface area contributed by atoms with Crippen molar-refractivity contribution in [2.75, 3.05) is 26.4 Å². The zero-order valence-electron chi connectivity index (χ0n) is 51.3. The van der Waals surface area contributed by atoms with Crippen LogP contribution in [0.15, 0.2) is 126 Å². The number of benzene rings is 5. The Bertz CT molecular complexity index is 3880. The maximum Gasteiger partial charge on any atom is 0.402 e. The molecule has 33 heteroatoms. The number of ether oxygens (including phenoxy) is 11. The molecule has 18 N–H and O–H groups in total. The first-order valence-electron chi connectivity index (χ1n) is 30.2. The van der Waals surface area contributed by atoms with Crippen molar-refractivity contribution >= 4 is 47.1 Å². The van der Waals surface area contributed by atoms with E-state index in [0.717, 1.165) is 60.7 Å². The van der Waals surface area contributed by atoms with Crippen LogP contribution >= 0.6 is 0 Å². The summed E-state index contributed by atoms with van der Waals surface area (Å²) in [6.07, 6.45) is -31.6. The van der Waals surface area contributed by atoms with Gasteiger partial charge in [0.05, 0.1) is 18.2 Å². The molecule has 1 aromatic heterocycles. The molecule has 0 radical (unpaired) electrons. The van der Waals surface area contributed by atoms with Crippen LogP contribution in [0.5, 0.6) is 51.7 Å². The lowest BCUT2D eigenvalue weighted by Crippen LogP contribution is -2.65. The van der Waals surface area contributed by atoms with Gasteiger partial charge in [0.1, 0.15) is 140 Å². The molecule has 0 bridgehead atoms. The lowest BCUT2D eigenvalue weighted by atomic mass is 9.97. The highest BCUT2D eigenvalue weighted by atomic mass is 16.8. The fourth-order valence-electron chi connectivity index (χ4n) is 10.6. The maximum absolute atomic E-state index is 13.4. The van der Waals surface area contributed by atoms with Crippen LogP contribution < -0.4 is 14.2 Å². The minimum Gasteiger partial charge on any atom is -0.508 e. The molecule has 4 aliphatic heterocycles. The van der Waals surface area contributed by atoms with E-state index < -0.39 is 207 Å². The Morgan fingerprint density at radius 2 is 0.838 bits per heavy atom. The van der Waals surface area contributed by atoms with Gasteiger partial charge in [0, 0.05) is 36.4 Å². The van der Waals surface area contributed by atoms with Crippen LogP contribution in [0.2, 0.25) is 0 Å². The summed E-state index contributed by atoms with van der Waals surface area (Å²) in [4.78, 5) is 38.7. The molecule has 20 atom stereocenters. The number of rotatable bonds is 22. The summed E-state index contributed by atoms with van der Waals surface area (Å²) < 4.78 is 69.3. The van der Waals surface area contributed by atoms with E-state index in [1.54, 1.807) is 0 Å². The quantitative estimate of drug-likeness (QED) is 0.0124. The van der Waals surface area contributed by atoms with E-state index in [-0.39, 0.29) is 39.3 Å². The Hall–Kier alpha value is -9.34. The molecule has 4 fully saturated rings. The number of aliphatic hydroxyl groups is 12. The van der Waals surface area contributed by atoms with Gasteiger partial charge in [-0.1, -0.05) is 30.3 Å². The Kier molecular flexibility index (Phi) is 23.2. The number of carbonyl (C=O) groups is 3. The van der Waals surface area contributed by atoms with E-state index in [0.29, 0.717) is 11.1 Å². The van der Waals surface area contributed by atoms with Crippen LogP contribution in [0.25, 0.3) is 40.5 Å². The number of hydrogen-bond donors (Lipinski definition) is 18. The highest BCUT2D eigenvalue weighted by Crippen LogP contribution is 2.44. The highest BCUT2D eigenvalue weighted by molar-refractivity contribution is 5.90. The van der Waals surface area contributed by atoms with Crippen LogP contribution in [0, 0.1) is 0 Å². The van der Waals surface area contributed by atoms with Gasteiger partial charge in [-0.25, -0.2) is 18.8 Å². The van der Waals surface area contributed by atoms with Crippen molar-refractivity contribution in [2.45, 2.75) is 123 Å². The SMILES string of the molecule is O=C(C=Cc1ccc(O)cc1)OCC1OC(Oc2ccc(C=CC(=O)OCC3OC(Oc4cc5c(OC6OC(CO)C(O)C(O)C6O)cc(O)cc5[o+]c4-c4ccc(O)c(O)c4)C(OC4OC(COC(=O)C=Cc5ccc(O)cc5)C(O)C(O)C4O)C(O)C3O)cc2O)C(O)C(O)C1O. The zero-order chi connectivity index (χ0) is 71.1. The molecule has 10 rings (SSSR count). The van der Waals surface area contributed by atoms with Gasteiger partial charge in [-0.05, 0) is 83.4 Å². The molecular weight excluding hydrogens is 1320 g/mol. The lowest BCUT2D eigenvalue weighted by Gasteiger charge is -2.45. The fraction of sp³-hybridized carbons (Fsp3) is 0.364. The molecule has 5 aromatic carbocycles. The molecule has 20 unspecified atom stereocenters. The average Bonchev–Trinajstić information content (AvgIpc) is 0.762. The number of aromatic hydroxyl groups is 6. The summed E-state index contributed by atoms with van der Waals surface area (Å²) in [7, 11) is 0. The summed E-state index contributed by atoms with van der Waals surface area (Å²) in [5.41, 5.74) is 0.784. The molecule has 33 nitrogen and oxygen atoms in total. The van der Waals surface area contributed by atoms with Crippen LogP contribution in [0.4, 0.5) is 0 Å². The van der Waals surface area contributed by atoms with Gasteiger partial charge in [0.25, 0.3) is 0 Å². The van der Waals surface area contributed by atoms with E-state index in [1.807, 2.05) is 0 Å². The summed E-state index contributed by atoms with van der Waals surface area (Å²) in [5, 5.41) is 193. The van der Waals surface area contributed by atoms with Crippen molar-refractivity contribution in [3.63, 3.8) is 0 Å². The second kappa shape index (κ2) is 31.7. The smallest absolute Gasteiger partial charge is 0.402 e. The monoisotopic (exact) mass is 1390 g/mol. The number of aliphatic hydroxyl groups excluding tert-OH is 12. The molecule has 4 aliphatic rings. The second-order valence-electron chi connectivity index (χ2n) is 23.0. The average molecular weight is 1390 g/mol. The Morgan fingerprint density at radius 3 is 1.35 bits per heavy atom. The van der Waals surface area contributed by atoms with Gasteiger partial charge in [0.15, 0.2) is 35.4 Å². The number of phenolic OH excluding ortho intramolecular Hbond substituents is 6. The van der Waals surface area contributed by atoms with Gasteiger partial charge in [0.2, 0.25) is 24.6 Å². The first-order valence-corrected chi connectivity index (χ1v) is 30.2. The third-order valence-electron chi connectivity index (χ3n) is 16.1. The molecule has 0 aliphatic carbocycles. The van der Waals surface area contributed by atoms with Crippen LogP contribution in [0.1, 0.15) is 16.7 Å². The zero-order valence-corrected chi connectivity index (χ0v) is 51.3. The fourth-order valence-corrected chi connectivity index (χ4v) is 10.6. The van der Waals surface area contributed by atoms with Crippen LogP contribution in [-0.2, 0) is 52.3 Å². The molecular formula is C66H69O33+. The van der Waals surface area contributed by atoms with E-state index in [4.69, 9.17) is 56.5 Å². The normalized spacial score (nSPS) is 30.3.